The Kier molecular flexibility index (Phi) is 9.55. The number of halogens is 1. The first-order valence-corrected chi connectivity index (χ1v) is 8.68. The van der Waals surface area contributed by atoms with Crippen molar-refractivity contribution < 1.29 is 0 Å². The van der Waals surface area contributed by atoms with Crippen molar-refractivity contribution in [3.8, 4) is 0 Å². The van der Waals surface area contributed by atoms with Crippen LogP contribution in [0.3, 0.4) is 0 Å². The number of benzene rings is 1. The third kappa shape index (κ3) is 7.46. The second kappa shape index (κ2) is 11.1. The van der Waals surface area contributed by atoms with Crippen LogP contribution in [0.2, 0.25) is 0 Å². The highest BCUT2D eigenvalue weighted by atomic mass is 127. The molecule has 2 rings (SSSR count). The number of guanidine groups is 1. The van der Waals surface area contributed by atoms with Crippen LogP contribution < -0.4 is 10.6 Å². The predicted octanol–water partition coefficient (Wildman–Crippen LogP) is 3.65. The zero-order valence-corrected chi connectivity index (χ0v) is 17.9. The number of aromatic nitrogens is 2. The molecule has 0 bridgehead atoms. The SMILES string of the molecule is CCNC(=NCc1cccc(Cn2cccn2)c1)NC(C)C(C)C.I. The Labute approximate surface area is 168 Å². The fourth-order valence-electron chi connectivity index (χ4n) is 2.28. The molecule has 0 saturated carbocycles. The fourth-order valence-corrected chi connectivity index (χ4v) is 2.28. The normalized spacial score (nSPS) is 12.6. The molecule has 25 heavy (non-hydrogen) atoms. The van der Waals surface area contributed by atoms with Gasteiger partial charge in [0, 0.05) is 25.0 Å². The molecule has 1 aromatic carbocycles. The molecule has 1 aromatic heterocycles. The topological polar surface area (TPSA) is 54.2 Å². The van der Waals surface area contributed by atoms with Gasteiger partial charge in [0.05, 0.1) is 13.1 Å². The molecule has 1 unspecified atom stereocenters. The van der Waals surface area contributed by atoms with Crippen LogP contribution >= 0.6 is 24.0 Å². The Morgan fingerprint density at radius 2 is 1.96 bits per heavy atom. The zero-order chi connectivity index (χ0) is 17.4. The van der Waals surface area contributed by atoms with Crippen molar-refractivity contribution in [2.24, 2.45) is 10.9 Å². The van der Waals surface area contributed by atoms with Crippen LogP contribution in [0.25, 0.3) is 0 Å². The summed E-state index contributed by atoms with van der Waals surface area (Å²) in [6, 6.07) is 10.8. The molecule has 6 heteroatoms. The van der Waals surface area contributed by atoms with Crippen LogP contribution in [-0.2, 0) is 13.1 Å². The summed E-state index contributed by atoms with van der Waals surface area (Å²) in [4.78, 5) is 4.72. The van der Waals surface area contributed by atoms with Gasteiger partial charge >= 0.3 is 0 Å². The summed E-state index contributed by atoms with van der Waals surface area (Å²) in [6.45, 7) is 11.0. The lowest BCUT2D eigenvalue weighted by Gasteiger charge is -2.20. The number of aliphatic imine (C=N–C) groups is 1. The average Bonchev–Trinajstić information content (AvgIpc) is 3.06. The molecule has 0 amide bonds. The van der Waals surface area contributed by atoms with Crippen molar-refractivity contribution in [1.82, 2.24) is 20.4 Å². The Morgan fingerprint density at radius 3 is 2.60 bits per heavy atom. The van der Waals surface area contributed by atoms with E-state index in [-0.39, 0.29) is 24.0 Å². The summed E-state index contributed by atoms with van der Waals surface area (Å²) in [5.41, 5.74) is 2.44. The first kappa shape index (κ1) is 21.5. The van der Waals surface area contributed by atoms with Crippen molar-refractivity contribution in [3.63, 3.8) is 0 Å². The summed E-state index contributed by atoms with van der Waals surface area (Å²) in [6.07, 6.45) is 3.78. The maximum atomic E-state index is 4.72. The minimum absolute atomic E-state index is 0. The second-order valence-electron chi connectivity index (χ2n) is 6.40. The van der Waals surface area contributed by atoms with E-state index in [0.29, 0.717) is 18.5 Å². The van der Waals surface area contributed by atoms with Gasteiger partial charge in [-0.05, 0) is 37.0 Å². The Morgan fingerprint density at radius 1 is 1.20 bits per heavy atom. The highest BCUT2D eigenvalue weighted by molar-refractivity contribution is 14.0. The van der Waals surface area contributed by atoms with Gasteiger partial charge in [0.2, 0.25) is 0 Å². The van der Waals surface area contributed by atoms with Gasteiger partial charge in [-0.3, -0.25) is 4.68 Å². The van der Waals surface area contributed by atoms with Gasteiger partial charge in [0.25, 0.3) is 0 Å². The largest absolute Gasteiger partial charge is 0.357 e. The number of nitrogens with zero attached hydrogens (tertiary/aromatic N) is 3. The van der Waals surface area contributed by atoms with Gasteiger partial charge in [-0.15, -0.1) is 24.0 Å². The fraction of sp³-hybridized carbons (Fsp3) is 0.474. The molecule has 0 fully saturated rings. The highest BCUT2D eigenvalue weighted by Gasteiger charge is 2.08. The van der Waals surface area contributed by atoms with Crippen molar-refractivity contribution in [1.29, 1.82) is 0 Å². The van der Waals surface area contributed by atoms with Gasteiger partial charge in [0.1, 0.15) is 0 Å². The van der Waals surface area contributed by atoms with Crippen LogP contribution in [0.15, 0.2) is 47.7 Å². The van der Waals surface area contributed by atoms with E-state index in [1.165, 1.54) is 11.1 Å². The molecule has 1 atom stereocenters. The number of hydrogen-bond donors (Lipinski definition) is 2. The highest BCUT2D eigenvalue weighted by Crippen LogP contribution is 2.08. The van der Waals surface area contributed by atoms with Gasteiger partial charge in [-0.25, -0.2) is 4.99 Å². The van der Waals surface area contributed by atoms with E-state index >= 15 is 0 Å². The van der Waals surface area contributed by atoms with Crippen molar-refractivity contribution in [2.45, 2.75) is 46.8 Å². The minimum atomic E-state index is 0. The summed E-state index contributed by atoms with van der Waals surface area (Å²) < 4.78 is 1.93. The molecule has 2 N–H and O–H groups in total. The Bertz CT molecular complexity index is 637. The average molecular weight is 455 g/mol. The molecule has 5 nitrogen and oxygen atoms in total. The number of rotatable bonds is 7. The third-order valence-corrected chi connectivity index (χ3v) is 4.02. The van der Waals surface area contributed by atoms with Crippen LogP contribution in [-0.4, -0.2) is 28.3 Å². The lowest BCUT2D eigenvalue weighted by atomic mass is 10.1. The summed E-state index contributed by atoms with van der Waals surface area (Å²) in [5, 5.41) is 11.0. The summed E-state index contributed by atoms with van der Waals surface area (Å²) in [5.74, 6) is 1.43. The molecule has 0 aliphatic rings. The molecule has 138 valence electrons. The minimum Gasteiger partial charge on any atom is -0.357 e. The smallest absolute Gasteiger partial charge is 0.191 e. The van der Waals surface area contributed by atoms with Crippen LogP contribution in [0.4, 0.5) is 0 Å². The first-order valence-electron chi connectivity index (χ1n) is 8.68. The maximum Gasteiger partial charge on any atom is 0.191 e. The van der Waals surface area contributed by atoms with Crippen molar-refractivity contribution >= 4 is 29.9 Å². The van der Waals surface area contributed by atoms with E-state index in [1.807, 2.05) is 16.9 Å². The zero-order valence-electron chi connectivity index (χ0n) is 15.6. The predicted molar refractivity (Wildman–Crippen MR) is 115 cm³/mol. The van der Waals surface area contributed by atoms with Crippen molar-refractivity contribution in [3.05, 3.63) is 53.9 Å². The van der Waals surface area contributed by atoms with E-state index in [1.54, 1.807) is 6.20 Å². The van der Waals surface area contributed by atoms with Crippen LogP contribution in [0, 0.1) is 5.92 Å². The maximum absolute atomic E-state index is 4.72. The second-order valence-corrected chi connectivity index (χ2v) is 6.40. The third-order valence-electron chi connectivity index (χ3n) is 4.02. The van der Waals surface area contributed by atoms with Gasteiger partial charge in [-0.2, -0.15) is 5.10 Å². The summed E-state index contributed by atoms with van der Waals surface area (Å²) >= 11 is 0. The lowest BCUT2D eigenvalue weighted by molar-refractivity contribution is 0.481. The standard InChI is InChI=1S/C19H29N5.HI/c1-5-20-19(23-16(4)15(2)3)21-13-17-8-6-9-18(12-17)14-24-11-7-10-22-24;/h6-12,15-16H,5,13-14H2,1-4H3,(H2,20,21,23);1H. The lowest BCUT2D eigenvalue weighted by Crippen LogP contribution is -2.44. The Hall–Kier alpha value is -1.57. The van der Waals surface area contributed by atoms with Crippen LogP contribution in [0.1, 0.15) is 38.8 Å². The monoisotopic (exact) mass is 455 g/mol. The molecule has 0 spiro atoms. The number of nitrogens with one attached hydrogen (secondary N) is 2. The molecule has 1 heterocycles. The molecule has 0 radical (unpaired) electrons. The van der Waals surface area contributed by atoms with Gasteiger partial charge in [0.15, 0.2) is 5.96 Å². The summed E-state index contributed by atoms with van der Waals surface area (Å²) in [7, 11) is 0. The Balaban J connectivity index is 0.00000312. The molecule has 0 aliphatic heterocycles. The molecule has 2 aromatic rings. The number of hydrogen-bond acceptors (Lipinski definition) is 2. The van der Waals surface area contributed by atoms with E-state index in [9.17, 15) is 0 Å². The molecular weight excluding hydrogens is 425 g/mol. The van der Waals surface area contributed by atoms with Gasteiger partial charge in [-0.1, -0.05) is 38.1 Å². The van der Waals surface area contributed by atoms with E-state index < -0.39 is 0 Å². The van der Waals surface area contributed by atoms with E-state index in [0.717, 1.165) is 19.0 Å². The quantitative estimate of drug-likeness (QED) is 0.381. The van der Waals surface area contributed by atoms with Crippen LogP contribution in [0.5, 0.6) is 0 Å². The van der Waals surface area contributed by atoms with E-state index in [2.05, 4.69) is 67.7 Å². The molecular formula is C19H30IN5. The molecule has 0 saturated heterocycles. The van der Waals surface area contributed by atoms with Crippen molar-refractivity contribution in [2.75, 3.05) is 6.54 Å². The molecule has 0 aliphatic carbocycles. The first-order chi connectivity index (χ1) is 11.6. The van der Waals surface area contributed by atoms with Gasteiger partial charge < -0.3 is 10.6 Å². The van der Waals surface area contributed by atoms with E-state index in [4.69, 9.17) is 4.99 Å².